The molecule has 8 heteroatoms. The van der Waals surface area contributed by atoms with Crippen LogP contribution in [0.2, 0.25) is 0 Å². The molecule has 5 nitrogen and oxygen atoms in total. The number of methoxy groups -OCH3 is 1. The quantitative estimate of drug-likeness (QED) is 0.859. The molecule has 0 unspecified atom stereocenters. The maximum atomic E-state index is 11.2. The van der Waals surface area contributed by atoms with E-state index >= 15 is 0 Å². The lowest BCUT2D eigenvalue weighted by molar-refractivity contribution is 0.0695. The third-order valence-electron chi connectivity index (χ3n) is 1.75. The molecule has 0 saturated carbocycles. The van der Waals surface area contributed by atoms with E-state index < -0.39 is 15.0 Å². The molecule has 0 radical (unpaired) electrons. The van der Waals surface area contributed by atoms with Crippen LogP contribution >= 0.6 is 26.6 Å². The van der Waals surface area contributed by atoms with Crippen LogP contribution in [0.15, 0.2) is 21.5 Å². The Bertz CT molecular complexity index is 540. The molecule has 0 amide bonds. The summed E-state index contributed by atoms with van der Waals surface area (Å²) < 4.78 is 27.4. The van der Waals surface area contributed by atoms with Gasteiger partial charge in [0.15, 0.2) is 0 Å². The van der Waals surface area contributed by atoms with Crippen LogP contribution < -0.4 is 4.74 Å². The molecule has 0 bridgehead atoms. The van der Waals surface area contributed by atoms with E-state index in [4.69, 9.17) is 20.5 Å². The van der Waals surface area contributed by atoms with Gasteiger partial charge in [-0.2, -0.15) is 0 Å². The second kappa shape index (κ2) is 4.60. The van der Waals surface area contributed by atoms with Crippen molar-refractivity contribution in [2.75, 3.05) is 7.11 Å². The Hall–Kier alpha value is -0.790. The molecular formula is C8H6BrClO5S. The lowest BCUT2D eigenvalue weighted by Gasteiger charge is -2.08. The minimum absolute atomic E-state index is 0.0214. The molecule has 0 aliphatic carbocycles. The monoisotopic (exact) mass is 328 g/mol. The number of carboxylic acids is 1. The van der Waals surface area contributed by atoms with E-state index in [-0.39, 0.29) is 20.7 Å². The predicted molar refractivity (Wildman–Crippen MR) is 60.7 cm³/mol. The predicted octanol–water partition coefficient (Wildman–Crippen LogP) is 2.08. The topological polar surface area (TPSA) is 80.7 Å². The van der Waals surface area contributed by atoms with Crippen molar-refractivity contribution >= 4 is 41.6 Å². The van der Waals surface area contributed by atoms with E-state index in [1.54, 1.807) is 0 Å². The summed E-state index contributed by atoms with van der Waals surface area (Å²) in [6, 6.07) is 2.17. The first-order chi connectivity index (χ1) is 7.27. The van der Waals surface area contributed by atoms with E-state index in [0.717, 1.165) is 6.07 Å². The Morgan fingerprint density at radius 3 is 2.44 bits per heavy atom. The number of hydrogen-bond acceptors (Lipinski definition) is 4. The maximum Gasteiger partial charge on any atom is 0.336 e. The number of hydrogen-bond donors (Lipinski definition) is 1. The summed E-state index contributed by atoms with van der Waals surface area (Å²) >= 11 is 2.99. The number of halogens is 2. The Morgan fingerprint density at radius 2 is 2.06 bits per heavy atom. The van der Waals surface area contributed by atoms with Crippen molar-refractivity contribution in [3.63, 3.8) is 0 Å². The highest BCUT2D eigenvalue weighted by Gasteiger charge is 2.21. The second-order valence-corrected chi connectivity index (χ2v) is 6.11. The summed E-state index contributed by atoms with van der Waals surface area (Å²) in [7, 11) is 2.36. The zero-order valence-electron chi connectivity index (χ0n) is 7.90. The minimum atomic E-state index is -4.06. The molecule has 0 atom stereocenters. The number of ether oxygens (including phenoxy) is 1. The van der Waals surface area contributed by atoms with Crippen molar-refractivity contribution in [2.45, 2.75) is 4.90 Å². The molecule has 1 aromatic carbocycles. The van der Waals surface area contributed by atoms with E-state index in [2.05, 4.69) is 15.9 Å². The highest BCUT2D eigenvalue weighted by Crippen LogP contribution is 2.32. The molecular weight excluding hydrogens is 324 g/mol. The molecule has 0 fully saturated rings. The summed E-state index contributed by atoms with van der Waals surface area (Å²) in [5.74, 6) is -1.29. The normalized spacial score (nSPS) is 11.2. The average Bonchev–Trinajstić information content (AvgIpc) is 2.14. The van der Waals surface area contributed by atoms with Crippen LogP contribution in [0.5, 0.6) is 5.75 Å². The molecule has 1 rings (SSSR count). The Morgan fingerprint density at radius 1 is 1.50 bits per heavy atom. The minimum Gasteiger partial charge on any atom is -0.495 e. The van der Waals surface area contributed by atoms with E-state index in [9.17, 15) is 13.2 Å². The highest BCUT2D eigenvalue weighted by molar-refractivity contribution is 9.10. The summed E-state index contributed by atoms with van der Waals surface area (Å²) in [4.78, 5) is 10.4. The molecule has 0 heterocycles. The first kappa shape index (κ1) is 13.3. The maximum absolute atomic E-state index is 11.2. The van der Waals surface area contributed by atoms with Crippen molar-refractivity contribution in [3.05, 3.63) is 22.2 Å². The first-order valence-electron chi connectivity index (χ1n) is 3.83. The molecule has 1 N–H and O–H groups in total. The average molecular weight is 330 g/mol. The number of carboxylic acid groups (broad SMARTS) is 1. The van der Waals surface area contributed by atoms with Gasteiger partial charge in [0.2, 0.25) is 0 Å². The van der Waals surface area contributed by atoms with Gasteiger partial charge in [0.05, 0.1) is 12.7 Å². The van der Waals surface area contributed by atoms with Gasteiger partial charge in [0, 0.05) is 15.2 Å². The van der Waals surface area contributed by atoms with Crippen molar-refractivity contribution in [3.8, 4) is 5.75 Å². The SMILES string of the molecule is COc1cc(Br)c(C(=O)O)cc1S(=O)(=O)Cl. The van der Waals surface area contributed by atoms with Gasteiger partial charge in [-0.25, -0.2) is 13.2 Å². The summed E-state index contributed by atoms with van der Waals surface area (Å²) in [5.41, 5.74) is -0.208. The fraction of sp³-hybridized carbons (Fsp3) is 0.125. The van der Waals surface area contributed by atoms with Gasteiger partial charge >= 0.3 is 5.97 Å². The van der Waals surface area contributed by atoms with Crippen LogP contribution in [0.3, 0.4) is 0 Å². The summed E-state index contributed by atoms with van der Waals surface area (Å²) in [6.45, 7) is 0. The fourth-order valence-electron chi connectivity index (χ4n) is 1.05. The van der Waals surface area contributed by atoms with Crippen LogP contribution in [0.4, 0.5) is 0 Å². The molecule has 0 aliphatic rings. The zero-order chi connectivity index (χ0) is 12.5. The third-order valence-corrected chi connectivity index (χ3v) is 3.75. The molecule has 1 aromatic rings. The number of benzene rings is 1. The van der Waals surface area contributed by atoms with E-state index in [1.807, 2.05) is 0 Å². The standard InChI is InChI=1S/C8H6BrClO5S/c1-15-6-3-5(9)4(8(11)12)2-7(6)16(10,13)14/h2-3H,1H3,(H,11,12). The van der Waals surface area contributed by atoms with E-state index in [1.165, 1.54) is 13.2 Å². The highest BCUT2D eigenvalue weighted by atomic mass is 79.9. The van der Waals surface area contributed by atoms with E-state index in [0.29, 0.717) is 0 Å². The molecule has 0 spiro atoms. The van der Waals surface area contributed by atoms with Crippen molar-refractivity contribution in [1.82, 2.24) is 0 Å². The lowest BCUT2D eigenvalue weighted by atomic mass is 10.2. The van der Waals surface area contributed by atoms with Gasteiger partial charge in [-0.1, -0.05) is 0 Å². The van der Waals surface area contributed by atoms with Crippen LogP contribution in [0.25, 0.3) is 0 Å². The Kier molecular flexibility index (Phi) is 3.82. The van der Waals surface area contributed by atoms with Gasteiger partial charge in [-0.15, -0.1) is 0 Å². The summed E-state index contributed by atoms with van der Waals surface area (Å²) in [5, 5.41) is 8.81. The third kappa shape index (κ3) is 2.66. The van der Waals surface area contributed by atoms with Crippen LogP contribution in [0, 0.1) is 0 Å². The molecule has 16 heavy (non-hydrogen) atoms. The summed E-state index contributed by atoms with van der Waals surface area (Å²) in [6.07, 6.45) is 0. The molecule has 88 valence electrons. The van der Waals surface area contributed by atoms with Gasteiger partial charge in [0.1, 0.15) is 10.6 Å². The van der Waals surface area contributed by atoms with Gasteiger partial charge in [-0.3, -0.25) is 0 Å². The van der Waals surface area contributed by atoms with Crippen molar-refractivity contribution in [1.29, 1.82) is 0 Å². The van der Waals surface area contributed by atoms with Crippen molar-refractivity contribution < 1.29 is 23.1 Å². The smallest absolute Gasteiger partial charge is 0.336 e. The fourth-order valence-corrected chi connectivity index (χ4v) is 2.54. The van der Waals surface area contributed by atoms with Crippen molar-refractivity contribution in [2.24, 2.45) is 0 Å². The number of aromatic carboxylic acids is 1. The van der Waals surface area contributed by atoms with Gasteiger partial charge in [0.25, 0.3) is 9.05 Å². The lowest BCUT2D eigenvalue weighted by Crippen LogP contribution is -2.03. The second-order valence-electron chi connectivity index (χ2n) is 2.73. The molecule has 0 saturated heterocycles. The van der Waals surface area contributed by atoms with Crippen LogP contribution in [0.1, 0.15) is 10.4 Å². The van der Waals surface area contributed by atoms with Crippen LogP contribution in [-0.4, -0.2) is 26.6 Å². The van der Waals surface area contributed by atoms with Crippen LogP contribution in [-0.2, 0) is 9.05 Å². The first-order valence-corrected chi connectivity index (χ1v) is 6.93. The molecule has 0 aliphatic heterocycles. The van der Waals surface area contributed by atoms with Gasteiger partial charge in [-0.05, 0) is 28.1 Å². The Balaban J connectivity index is 3.60. The zero-order valence-corrected chi connectivity index (χ0v) is 11.1. The number of rotatable bonds is 3. The largest absolute Gasteiger partial charge is 0.495 e. The number of carbonyl (C=O) groups is 1. The molecule has 0 aromatic heterocycles. The Labute approximate surface area is 105 Å². The van der Waals surface area contributed by atoms with Gasteiger partial charge < -0.3 is 9.84 Å².